The molecule has 0 atom stereocenters. The van der Waals surface area contributed by atoms with Crippen molar-refractivity contribution >= 4 is 16.7 Å². The van der Waals surface area contributed by atoms with Gasteiger partial charge in [-0.25, -0.2) is 0 Å². The Morgan fingerprint density at radius 2 is 2.11 bits per heavy atom. The summed E-state index contributed by atoms with van der Waals surface area (Å²) < 4.78 is 14.3. The normalized spacial score (nSPS) is 10.2. The van der Waals surface area contributed by atoms with E-state index in [0.717, 1.165) is 22.2 Å². The van der Waals surface area contributed by atoms with Gasteiger partial charge >= 0.3 is 0 Å². The number of ether oxygens (including phenoxy) is 2. The molecular weight excluding hydrogens is 252 g/mol. The monoisotopic (exact) mass is 266 g/mol. The van der Waals surface area contributed by atoms with E-state index in [4.69, 9.17) is 9.47 Å². The predicted octanol–water partition coefficient (Wildman–Crippen LogP) is 1.59. The van der Waals surface area contributed by atoms with Crippen LogP contribution in [0.3, 0.4) is 0 Å². The maximum atomic E-state index is 5.35. The van der Waals surface area contributed by atoms with Crippen LogP contribution >= 0.6 is 11.5 Å². The first-order valence-electron chi connectivity index (χ1n) is 5.31. The van der Waals surface area contributed by atoms with Crippen molar-refractivity contribution in [1.82, 2.24) is 14.8 Å². The van der Waals surface area contributed by atoms with Crippen molar-refractivity contribution in [2.24, 2.45) is 0 Å². The lowest BCUT2D eigenvalue weighted by atomic mass is 10.2. The first-order valence-corrected chi connectivity index (χ1v) is 6.09. The van der Waals surface area contributed by atoms with Gasteiger partial charge in [-0.2, -0.15) is 0 Å². The molecule has 0 aliphatic carbocycles. The molecule has 1 heterocycles. The summed E-state index contributed by atoms with van der Waals surface area (Å²) in [5.41, 5.74) is 1.05. The summed E-state index contributed by atoms with van der Waals surface area (Å²) in [4.78, 5) is 1.97. The second kappa shape index (κ2) is 5.63. The number of benzene rings is 1. The van der Waals surface area contributed by atoms with E-state index in [1.165, 1.54) is 11.5 Å². The van der Waals surface area contributed by atoms with E-state index >= 15 is 0 Å². The summed E-state index contributed by atoms with van der Waals surface area (Å²) in [5, 5.41) is 8.27. The van der Waals surface area contributed by atoms with Crippen molar-refractivity contribution in [1.29, 1.82) is 0 Å². The van der Waals surface area contributed by atoms with Crippen LogP contribution in [0.2, 0.25) is 0 Å². The Kier molecular flexibility index (Phi) is 3.93. The highest BCUT2D eigenvalue weighted by molar-refractivity contribution is 7.09. The number of nitrogens with zero attached hydrogens (tertiary/aromatic N) is 4. The van der Waals surface area contributed by atoms with E-state index in [1.807, 2.05) is 30.1 Å². The molecule has 2 aromatic rings. The van der Waals surface area contributed by atoms with Gasteiger partial charge in [-0.3, -0.25) is 0 Å². The summed E-state index contributed by atoms with van der Waals surface area (Å²) in [6.07, 6.45) is 0. The van der Waals surface area contributed by atoms with Crippen LogP contribution in [0, 0.1) is 0 Å². The second-order valence-electron chi connectivity index (χ2n) is 3.68. The quantitative estimate of drug-likeness (QED) is 0.819. The van der Waals surface area contributed by atoms with Crippen molar-refractivity contribution in [2.75, 3.05) is 26.2 Å². The molecule has 1 aromatic carbocycles. The molecule has 0 fully saturated rings. The fourth-order valence-electron chi connectivity index (χ4n) is 1.58. The molecule has 0 N–H and O–H groups in total. The molecule has 2 rings (SSSR count). The largest absolute Gasteiger partial charge is 0.497 e. The maximum Gasteiger partial charge on any atom is 0.227 e. The Hall–Kier alpha value is -1.89. The van der Waals surface area contributed by atoms with Crippen LogP contribution < -0.4 is 14.4 Å². The summed E-state index contributed by atoms with van der Waals surface area (Å²) in [5.74, 6) is 1.56. The molecule has 0 spiro atoms. The highest BCUT2D eigenvalue weighted by atomic mass is 32.1. The smallest absolute Gasteiger partial charge is 0.227 e. The molecule has 96 valence electrons. The molecule has 0 aliphatic heterocycles. The molecule has 6 nitrogen and oxygen atoms in total. The Labute approximate surface area is 109 Å². The van der Waals surface area contributed by atoms with Crippen molar-refractivity contribution < 1.29 is 9.47 Å². The van der Waals surface area contributed by atoms with Gasteiger partial charge in [0, 0.05) is 36.8 Å². The molecule has 0 saturated carbocycles. The van der Waals surface area contributed by atoms with Gasteiger partial charge in [0.15, 0.2) is 0 Å². The van der Waals surface area contributed by atoms with E-state index in [2.05, 4.69) is 14.8 Å². The SMILES string of the molecule is COc1ccc(CN(C)c2nnns2)c(OC)c1. The van der Waals surface area contributed by atoms with Crippen molar-refractivity contribution in [3.63, 3.8) is 0 Å². The minimum absolute atomic E-state index is 0.671. The Bertz CT molecular complexity index is 504. The third-order valence-corrected chi connectivity index (χ3v) is 3.23. The maximum absolute atomic E-state index is 5.35. The van der Waals surface area contributed by atoms with Crippen LogP contribution in [0.1, 0.15) is 5.56 Å². The topological polar surface area (TPSA) is 60.4 Å². The van der Waals surface area contributed by atoms with Crippen LogP contribution in [0.5, 0.6) is 11.5 Å². The number of hydrogen-bond donors (Lipinski definition) is 0. The summed E-state index contributed by atoms with van der Waals surface area (Å²) in [7, 11) is 5.21. The number of rotatable bonds is 5. The fourth-order valence-corrected chi connectivity index (χ4v) is 2.00. The van der Waals surface area contributed by atoms with Gasteiger partial charge in [-0.05, 0) is 17.3 Å². The van der Waals surface area contributed by atoms with Gasteiger partial charge < -0.3 is 14.4 Å². The molecule has 0 bridgehead atoms. The number of hydrogen-bond acceptors (Lipinski definition) is 7. The van der Waals surface area contributed by atoms with Gasteiger partial charge in [0.25, 0.3) is 0 Å². The van der Waals surface area contributed by atoms with E-state index in [9.17, 15) is 0 Å². The molecule has 0 saturated heterocycles. The molecule has 0 amide bonds. The highest BCUT2D eigenvalue weighted by Gasteiger charge is 2.10. The Balaban J connectivity index is 2.18. The zero-order valence-corrected chi connectivity index (χ0v) is 11.3. The average Bonchev–Trinajstić information content (AvgIpc) is 2.93. The molecule has 0 radical (unpaired) electrons. The average molecular weight is 266 g/mol. The Morgan fingerprint density at radius 1 is 1.28 bits per heavy atom. The van der Waals surface area contributed by atoms with Crippen molar-refractivity contribution in [3.05, 3.63) is 23.8 Å². The number of methoxy groups -OCH3 is 2. The van der Waals surface area contributed by atoms with Gasteiger partial charge in [-0.15, -0.1) is 0 Å². The van der Waals surface area contributed by atoms with Crippen LogP contribution in [-0.4, -0.2) is 36.1 Å². The number of aromatic nitrogens is 3. The third-order valence-electron chi connectivity index (χ3n) is 2.52. The third kappa shape index (κ3) is 2.67. The zero-order chi connectivity index (χ0) is 13.0. The molecule has 0 aliphatic rings. The van der Waals surface area contributed by atoms with Gasteiger partial charge in [-0.1, -0.05) is 9.59 Å². The molecule has 7 heteroatoms. The van der Waals surface area contributed by atoms with E-state index in [-0.39, 0.29) is 0 Å². The summed E-state index contributed by atoms with van der Waals surface area (Å²) in [6, 6.07) is 5.74. The second-order valence-corrected chi connectivity index (χ2v) is 4.39. The first-order chi connectivity index (χ1) is 8.74. The van der Waals surface area contributed by atoms with Crippen LogP contribution in [0.25, 0.3) is 0 Å². The van der Waals surface area contributed by atoms with E-state index in [0.29, 0.717) is 6.54 Å². The van der Waals surface area contributed by atoms with Crippen LogP contribution in [0.15, 0.2) is 18.2 Å². The highest BCUT2D eigenvalue weighted by Crippen LogP contribution is 2.26. The number of anilines is 1. The standard InChI is InChI=1S/C11H14N4O2S/c1-15(11-12-13-14-18-11)7-8-4-5-9(16-2)6-10(8)17-3/h4-6H,7H2,1-3H3. The van der Waals surface area contributed by atoms with Crippen LogP contribution in [-0.2, 0) is 6.54 Å². The fraction of sp³-hybridized carbons (Fsp3) is 0.364. The minimum atomic E-state index is 0.671. The predicted molar refractivity (Wildman–Crippen MR) is 69.4 cm³/mol. The molecule has 18 heavy (non-hydrogen) atoms. The summed E-state index contributed by atoms with van der Waals surface area (Å²) >= 11 is 1.26. The molecular formula is C11H14N4O2S. The minimum Gasteiger partial charge on any atom is -0.497 e. The lowest BCUT2D eigenvalue weighted by molar-refractivity contribution is 0.391. The lowest BCUT2D eigenvalue weighted by Gasteiger charge is -2.17. The van der Waals surface area contributed by atoms with Gasteiger partial charge in [0.2, 0.25) is 5.13 Å². The van der Waals surface area contributed by atoms with Gasteiger partial charge in [0.05, 0.1) is 14.2 Å². The van der Waals surface area contributed by atoms with Crippen LogP contribution in [0.4, 0.5) is 5.13 Å². The van der Waals surface area contributed by atoms with Crippen molar-refractivity contribution in [3.8, 4) is 11.5 Å². The Morgan fingerprint density at radius 3 is 2.72 bits per heavy atom. The first kappa shape index (κ1) is 12.6. The summed E-state index contributed by atoms with van der Waals surface area (Å²) in [6.45, 7) is 0.671. The van der Waals surface area contributed by atoms with Crippen molar-refractivity contribution in [2.45, 2.75) is 6.54 Å². The molecule has 0 unspecified atom stereocenters. The van der Waals surface area contributed by atoms with E-state index < -0.39 is 0 Å². The zero-order valence-electron chi connectivity index (χ0n) is 10.5. The molecule has 1 aromatic heterocycles. The van der Waals surface area contributed by atoms with E-state index in [1.54, 1.807) is 14.2 Å². The lowest BCUT2D eigenvalue weighted by Crippen LogP contribution is -2.16. The van der Waals surface area contributed by atoms with Gasteiger partial charge in [0.1, 0.15) is 11.5 Å².